The molecule has 0 spiro atoms. The molecule has 2 rings (SSSR count). The van der Waals surface area contributed by atoms with Crippen molar-refractivity contribution < 1.29 is 9.13 Å². The van der Waals surface area contributed by atoms with Gasteiger partial charge >= 0.3 is 0 Å². The minimum Gasteiger partial charge on any atom is -0.436 e. The van der Waals surface area contributed by atoms with Crippen LogP contribution in [0.4, 0.5) is 4.39 Å². The molecule has 2 aromatic rings. The molecule has 0 atom stereocenters. The van der Waals surface area contributed by atoms with E-state index in [1.165, 1.54) is 6.33 Å². The normalized spacial score (nSPS) is 10.3. The Kier molecular flexibility index (Phi) is 3.30. The van der Waals surface area contributed by atoms with Gasteiger partial charge in [0.25, 0.3) is 5.88 Å². The Morgan fingerprint density at radius 1 is 1.29 bits per heavy atom. The van der Waals surface area contributed by atoms with Gasteiger partial charge in [-0.3, -0.25) is 0 Å². The van der Waals surface area contributed by atoms with Crippen LogP contribution in [0.2, 0.25) is 0 Å². The molecule has 0 bridgehead atoms. The smallest absolute Gasteiger partial charge is 0.259 e. The second-order valence-electron chi connectivity index (χ2n) is 3.49. The summed E-state index contributed by atoms with van der Waals surface area (Å²) in [4.78, 5) is 7.49. The van der Waals surface area contributed by atoms with E-state index in [1.54, 1.807) is 19.1 Å². The average molecular weight is 233 g/mol. The summed E-state index contributed by atoms with van der Waals surface area (Å²) in [5.41, 5.74) is 6.61. The number of halogens is 1. The van der Waals surface area contributed by atoms with Gasteiger partial charge in [-0.1, -0.05) is 18.2 Å². The summed E-state index contributed by atoms with van der Waals surface area (Å²) in [5.74, 6) is -0.135. The van der Waals surface area contributed by atoms with Gasteiger partial charge in [-0.25, -0.2) is 4.98 Å². The van der Waals surface area contributed by atoms with E-state index in [4.69, 9.17) is 10.5 Å². The van der Waals surface area contributed by atoms with Crippen LogP contribution < -0.4 is 10.5 Å². The predicted octanol–water partition coefficient (Wildman–Crippen LogP) is 2.18. The molecule has 0 saturated heterocycles. The molecule has 0 unspecified atom stereocenters. The Morgan fingerprint density at radius 3 is 2.82 bits per heavy atom. The highest BCUT2D eigenvalue weighted by molar-refractivity contribution is 5.36. The molecule has 0 aliphatic heterocycles. The molecule has 17 heavy (non-hydrogen) atoms. The highest BCUT2D eigenvalue weighted by atomic mass is 19.1. The number of benzene rings is 1. The molecule has 0 aliphatic rings. The van der Waals surface area contributed by atoms with Gasteiger partial charge in [0.05, 0.1) is 5.69 Å². The molecule has 1 aromatic heterocycles. The molecular weight excluding hydrogens is 221 g/mol. The van der Waals surface area contributed by atoms with E-state index in [2.05, 4.69) is 9.97 Å². The van der Waals surface area contributed by atoms with Gasteiger partial charge < -0.3 is 10.5 Å². The van der Waals surface area contributed by atoms with Crippen LogP contribution in [-0.4, -0.2) is 9.97 Å². The van der Waals surface area contributed by atoms with Gasteiger partial charge in [0.2, 0.25) is 5.82 Å². The Bertz CT molecular complexity index is 531. The molecular formula is C12H12FN3O. The quantitative estimate of drug-likeness (QED) is 0.882. The van der Waals surface area contributed by atoms with Crippen LogP contribution >= 0.6 is 0 Å². The van der Waals surface area contributed by atoms with Gasteiger partial charge in [-0.2, -0.15) is 9.37 Å². The first-order chi connectivity index (χ1) is 8.22. The minimum absolute atomic E-state index is 0.0848. The van der Waals surface area contributed by atoms with Crippen molar-refractivity contribution in [2.75, 3.05) is 0 Å². The molecule has 88 valence electrons. The molecule has 0 amide bonds. The van der Waals surface area contributed by atoms with Gasteiger partial charge in [-0.15, -0.1) is 0 Å². The summed E-state index contributed by atoms with van der Waals surface area (Å²) >= 11 is 0. The van der Waals surface area contributed by atoms with E-state index in [1.807, 2.05) is 12.1 Å². The SMILES string of the molecule is Cc1ncnc(Oc2ccccc2CN)c1F. The van der Waals surface area contributed by atoms with Crippen molar-refractivity contribution in [2.24, 2.45) is 5.73 Å². The van der Waals surface area contributed by atoms with Crippen molar-refractivity contribution in [2.45, 2.75) is 13.5 Å². The number of nitrogens with zero attached hydrogens (tertiary/aromatic N) is 2. The average Bonchev–Trinajstić information content (AvgIpc) is 2.35. The van der Waals surface area contributed by atoms with Crippen molar-refractivity contribution >= 4 is 0 Å². The van der Waals surface area contributed by atoms with E-state index >= 15 is 0 Å². The zero-order valence-corrected chi connectivity index (χ0v) is 9.35. The van der Waals surface area contributed by atoms with Crippen LogP contribution in [0.5, 0.6) is 11.6 Å². The number of aromatic nitrogens is 2. The lowest BCUT2D eigenvalue weighted by Crippen LogP contribution is -2.02. The third-order valence-corrected chi connectivity index (χ3v) is 2.33. The van der Waals surface area contributed by atoms with Crippen LogP contribution in [0.15, 0.2) is 30.6 Å². The number of ether oxygens (including phenoxy) is 1. The van der Waals surface area contributed by atoms with Crippen molar-refractivity contribution in [3.63, 3.8) is 0 Å². The number of hydrogen-bond acceptors (Lipinski definition) is 4. The predicted molar refractivity (Wildman–Crippen MR) is 61.1 cm³/mol. The summed E-state index contributed by atoms with van der Waals surface area (Å²) < 4.78 is 19.0. The molecule has 1 heterocycles. The van der Waals surface area contributed by atoms with Gasteiger partial charge in [0.1, 0.15) is 12.1 Å². The van der Waals surface area contributed by atoms with Gasteiger partial charge in [0, 0.05) is 12.1 Å². The van der Waals surface area contributed by atoms with Crippen LogP contribution in [0, 0.1) is 12.7 Å². The zero-order valence-electron chi connectivity index (χ0n) is 9.35. The first kappa shape index (κ1) is 11.5. The number of nitrogens with two attached hydrogens (primary N) is 1. The molecule has 2 N–H and O–H groups in total. The number of rotatable bonds is 3. The fourth-order valence-corrected chi connectivity index (χ4v) is 1.38. The topological polar surface area (TPSA) is 61.0 Å². The second-order valence-corrected chi connectivity index (χ2v) is 3.49. The molecule has 1 aromatic carbocycles. The third kappa shape index (κ3) is 2.39. The molecule has 0 radical (unpaired) electrons. The third-order valence-electron chi connectivity index (χ3n) is 2.33. The maximum absolute atomic E-state index is 13.6. The maximum Gasteiger partial charge on any atom is 0.259 e. The summed E-state index contributed by atoms with van der Waals surface area (Å²) in [6.07, 6.45) is 1.26. The maximum atomic E-state index is 13.6. The molecule has 0 saturated carbocycles. The highest BCUT2D eigenvalue weighted by Gasteiger charge is 2.11. The zero-order chi connectivity index (χ0) is 12.3. The van der Waals surface area contributed by atoms with Crippen molar-refractivity contribution in [3.8, 4) is 11.6 Å². The first-order valence-electron chi connectivity index (χ1n) is 5.15. The Labute approximate surface area is 98.3 Å². The monoisotopic (exact) mass is 233 g/mol. The van der Waals surface area contributed by atoms with Crippen molar-refractivity contribution in [1.82, 2.24) is 9.97 Å². The van der Waals surface area contributed by atoms with Crippen LogP contribution in [0.3, 0.4) is 0 Å². The minimum atomic E-state index is -0.556. The fourth-order valence-electron chi connectivity index (χ4n) is 1.38. The Balaban J connectivity index is 2.35. The second kappa shape index (κ2) is 4.88. The summed E-state index contributed by atoms with van der Waals surface area (Å²) in [7, 11) is 0. The van der Waals surface area contributed by atoms with E-state index < -0.39 is 5.82 Å². The fraction of sp³-hybridized carbons (Fsp3) is 0.167. The van der Waals surface area contributed by atoms with Crippen molar-refractivity contribution in [1.29, 1.82) is 0 Å². The van der Waals surface area contributed by atoms with Crippen molar-refractivity contribution in [3.05, 3.63) is 47.7 Å². The lowest BCUT2D eigenvalue weighted by Gasteiger charge is -2.09. The molecule has 0 aliphatic carbocycles. The van der Waals surface area contributed by atoms with Gasteiger partial charge in [-0.05, 0) is 13.0 Å². The lowest BCUT2D eigenvalue weighted by molar-refractivity contribution is 0.413. The first-order valence-corrected chi connectivity index (χ1v) is 5.15. The number of hydrogen-bond donors (Lipinski definition) is 1. The van der Waals surface area contributed by atoms with E-state index in [-0.39, 0.29) is 11.6 Å². The summed E-state index contributed by atoms with van der Waals surface area (Å²) in [6, 6.07) is 7.18. The Morgan fingerprint density at radius 2 is 2.06 bits per heavy atom. The summed E-state index contributed by atoms with van der Waals surface area (Å²) in [6.45, 7) is 1.88. The van der Waals surface area contributed by atoms with E-state index in [9.17, 15) is 4.39 Å². The van der Waals surface area contributed by atoms with Crippen LogP contribution in [-0.2, 0) is 6.54 Å². The van der Waals surface area contributed by atoms with E-state index in [0.29, 0.717) is 12.3 Å². The standard InChI is InChI=1S/C12H12FN3O/c1-8-11(13)12(16-7-15-8)17-10-5-3-2-4-9(10)6-14/h2-5,7H,6,14H2,1H3. The largest absolute Gasteiger partial charge is 0.436 e. The molecule has 0 fully saturated rings. The van der Waals surface area contributed by atoms with Crippen LogP contribution in [0.25, 0.3) is 0 Å². The Hall–Kier alpha value is -2.01. The van der Waals surface area contributed by atoms with E-state index in [0.717, 1.165) is 5.56 Å². The number of para-hydroxylation sites is 1. The highest BCUT2D eigenvalue weighted by Crippen LogP contribution is 2.25. The molecule has 4 nitrogen and oxygen atoms in total. The summed E-state index contributed by atoms with van der Waals surface area (Å²) in [5, 5.41) is 0. The number of aryl methyl sites for hydroxylation is 1. The van der Waals surface area contributed by atoms with Gasteiger partial charge in [0.15, 0.2) is 0 Å². The lowest BCUT2D eigenvalue weighted by atomic mass is 10.2. The van der Waals surface area contributed by atoms with Crippen LogP contribution in [0.1, 0.15) is 11.3 Å². The molecule has 5 heteroatoms.